The molecule has 186 valence electrons. The number of anilines is 1. The molecule has 5 aromatic rings. The normalized spacial score (nSPS) is 11.8. The average Bonchev–Trinajstić information content (AvgIpc) is 3.50. The monoisotopic (exact) mass is 510 g/mol. The fourth-order valence-electron chi connectivity index (χ4n) is 3.90. The summed E-state index contributed by atoms with van der Waals surface area (Å²) in [5.41, 5.74) is 9.05. The molecule has 0 atom stereocenters. The van der Waals surface area contributed by atoms with Crippen LogP contribution in [-0.2, 0) is 7.05 Å². The molecule has 2 N–H and O–H groups in total. The van der Waals surface area contributed by atoms with Gasteiger partial charge in [-0.2, -0.15) is 5.10 Å². The van der Waals surface area contributed by atoms with E-state index in [1.165, 1.54) is 18.4 Å². The van der Waals surface area contributed by atoms with E-state index in [1.807, 2.05) is 95.6 Å². The van der Waals surface area contributed by atoms with E-state index < -0.39 is 0 Å². The van der Waals surface area contributed by atoms with Gasteiger partial charge in [-0.05, 0) is 42.8 Å². The van der Waals surface area contributed by atoms with Gasteiger partial charge >= 0.3 is 0 Å². The Morgan fingerprint density at radius 3 is 2.49 bits per heavy atom. The number of benzene rings is 3. The third kappa shape index (κ3) is 5.03. The largest absolute Gasteiger partial charge is 0.504 e. The number of phenolic OH excluding ortho intramolecular Hbond substituents is 1. The first-order valence-corrected chi connectivity index (χ1v) is 12.5. The van der Waals surface area contributed by atoms with Crippen LogP contribution in [0, 0.1) is 6.92 Å². The highest BCUT2D eigenvalue weighted by Crippen LogP contribution is 2.32. The highest BCUT2D eigenvalue weighted by molar-refractivity contribution is 7.14. The molecule has 0 fully saturated rings. The number of para-hydroxylation sites is 1. The van der Waals surface area contributed by atoms with Crippen LogP contribution >= 0.6 is 11.3 Å². The van der Waals surface area contributed by atoms with Crippen molar-refractivity contribution in [3.63, 3.8) is 0 Å². The Bertz CT molecular complexity index is 1620. The van der Waals surface area contributed by atoms with E-state index in [-0.39, 0.29) is 5.75 Å². The summed E-state index contributed by atoms with van der Waals surface area (Å²) in [6.45, 7) is 2.02. The van der Waals surface area contributed by atoms with Crippen LogP contribution in [0.25, 0.3) is 16.9 Å². The van der Waals surface area contributed by atoms with Gasteiger partial charge in [-0.3, -0.25) is 15.1 Å². The summed E-state index contributed by atoms with van der Waals surface area (Å²) in [6, 6.07) is 25.2. The quantitative estimate of drug-likeness (QED) is 0.219. The van der Waals surface area contributed by atoms with Gasteiger partial charge < -0.3 is 9.84 Å². The fraction of sp³-hybridized carbons (Fsp3) is 0.107. The number of rotatable bonds is 7. The third-order valence-corrected chi connectivity index (χ3v) is 6.67. The number of aliphatic imine (C=N–C) groups is 1. The van der Waals surface area contributed by atoms with Gasteiger partial charge in [-0.25, -0.2) is 9.67 Å². The molecule has 0 radical (unpaired) electrons. The van der Waals surface area contributed by atoms with E-state index in [0.717, 1.165) is 33.9 Å². The summed E-state index contributed by atoms with van der Waals surface area (Å²) in [5, 5.41) is 17.2. The Balaban J connectivity index is 1.55. The number of ether oxygens (including phenoxy) is 1. The van der Waals surface area contributed by atoms with Crippen LogP contribution in [0.1, 0.15) is 11.3 Å². The smallest absolute Gasteiger partial charge is 0.203 e. The second kappa shape index (κ2) is 10.5. The summed E-state index contributed by atoms with van der Waals surface area (Å²) in [7, 11) is 3.51. The van der Waals surface area contributed by atoms with Crippen molar-refractivity contribution in [2.45, 2.75) is 6.92 Å². The Labute approximate surface area is 218 Å². The lowest BCUT2D eigenvalue weighted by Gasteiger charge is -2.09. The number of hydrogen-bond acceptors (Lipinski definition) is 7. The molecule has 3 aromatic carbocycles. The highest BCUT2D eigenvalue weighted by Gasteiger charge is 2.15. The first-order valence-electron chi connectivity index (χ1n) is 11.6. The maximum atomic E-state index is 9.90. The zero-order valence-corrected chi connectivity index (χ0v) is 21.5. The van der Waals surface area contributed by atoms with Gasteiger partial charge in [0.2, 0.25) is 5.13 Å². The van der Waals surface area contributed by atoms with Gasteiger partial charge in [-0.1, -0.05) is 48.5 Å². The first kappa shape index (κ1) is 24.1. The summed E-state index contributed by atoms with van der Waals surface area (Å²) < 4.78 is 9.27. The van der Waals surface area contributed by atoms with Crippen LogP contribution in [0.4, 0.5) is 10.8 Å². The molecule has 0 amide bonds. The van der Waals surface area contributed by atoms with E-state index >= 15 is 0 Å². The second-order valence-corrected chi connectivity index (χ2v) is 9.10. The Morgan fingerprint density at radius 2 is 1.76 bits per heavy atom. The minimum atomic E-state index is 0.0864. The second-order valence-electron chi connectivity index (χ2n) is 8.25. The molecule has 2 aromatic heterocycles. The Hall–Kier alpha value is -4.63. The Morgan fingerprint density at radius 1 is 1.03 bits per heavy atom. The minimum absolute atomic E-state index is 0.0864. The number of methoxy groups -OCH3 is 1. The predicted octanol–water partition coefficient (Wildman–Crippen LogP) is 5.64. The van der Waals surface area contributed by atoms with E-state index in [1.54, 1.807) is 18.2 Å². The van der Waals surface area contributed by atoms with Crippen LogP contribution in [0.5, 0.6) is 11.5 Å². The van der Waals surface area contributed by atoms with Crippen LogP contribution in [-0.4, -0.2) is 32.8 Å². The van der Waals surface area contributed by atoms with Gasteiger partial charge in [0.15, 0.2) is 17.0 Å². The van der Waals surface area contributed by atoms with Crippen molar-refractivity contribution in [2.75, 3.05) is 12.5 Å². The SMILES string of the molecule is COc1cc(-c2csc(N/N=c3\c(N=Cc4ccccc4)c(C)n(C)n3-c3ccccc3)n2)ccc1O. The fourth-order valence-corrected chi connectivity index (χ4v) is 4.56. The van der Waals surface area contributed by atoms with Gasteiger partial charge in [0.25, 0.3) is 0 Å². The van der Waals surface area contributed by atoms with Crippen molar-refractivity contribution in [3.05, 3.63) is 101 Å². The third-order valence-electron chi connectivity index (χ3n) is 5.92. The van der Waals surface area contributed by atoms with E-state index in [4.69, 9.17) is 14.8 Å². The van der Waals surface area contributed by atoms with Gasteiger partial charge in [-0.15, -0.1) is 11.3 Å². The summed E-state index contributed by atoms with van der Waals surface area (Å²) in [4.78, 5) is 9.50. The van der Waals surface area contributed by atoms with Gasteiger partial charge in [0.05, 0.1) is 24.2 Å². The molecule has 9 heteroatoms. The molecule has 0 aliphatic heterocycles. The van der Waals surface area contributed by atoms with Crippen molar-refractivity contribution in [3.8, 4) is 28.4 Å². The molecule has 0 aliphatic carbocycles. The number of nitrogens with zero attached hydrogens (tertiary/aromatic N) is 5. The van der Waals surface area contributed by atoms with Crippen LogP contribution < -0.4 is 15.7 Å². The topological polar surface area (TPSA) is 89.0 Å². The lowest BCUT2D eigenvalue weighted by atomic mass is 10.1. The van der Waals surface area contributed by atoms with Gasteiger partial charge in [0.1, 0.15) is 5.69 Å². The molecule has 5 rings (SSSR count). The lowest BCUT2D eigenvalue weighted by molar-refractivity contribution is 0.373. The maximum Gasteiger partial charge on any atom is 0.203 e. The number of thiazole rings is 1. The maximum absolute atomic E-state index is 9.90. The van der Waals surface area contributed by atoms with Crippen molar-refractivity contribution < 1.29 is 9.84 Å². The zero-order chi connectivity index (χ0) is 25.8. The molecule has 0 spiro atoms. The van der Waals surface area contributed by atoms with Crippen LogP contribution in [0.3, 0.4) is 0 Å². The number of aromatic nitrogens is 3. The lowest BCUT2D eigenvalue weighted by Crippen LogP contribution is -2.22. The van der Waals surface area contributed by atoms with E-state index in [9.17, 15) is 5.11 Å². The molecule has 0 bridgehead atoms. The predicted molar refractivity (Wildman–Crippen MR) is 148 cm³/mol. The number of hydrogen-bond donors (Lipinski definition) is 2. The molecule has 0 saturated heterocycles. The molecular weight excluding hydrogens is 484 g/mol. The molecule has 8 nitrogen and oxygen atoms in total. The molecule has 0 aliphatic rings. The van der Waals surface area contributed by atoms with Crippen molar-refractivity contribution in [1.29, 1.82) is 0 Å². The van der Waals surface area contributed by atoms with Crippen LogP contribution in [0.15, 0.2) is 94.3 Å². The highest BCUT2D eigenvalue weighted by atomic mass is 32.1. The molecule has 0 unspecified atom stereocenters. The molecule has 2 heterocycles. The van der Waals surface area contributed by atoms with Crippen molar-refractivity contribution in [1.82, 2.24) is 14.3 Å². The first-order chi connectivity index (χ1) is 18.0. The van der Waals surface area contributed by atoms with Gasteiger partial charge in [0, 0.05) is 24.2 Å². The van der Waals surface area contributed by atoms with Crippen LogP contribution in [0.2, 0.25) is 0 Å². The standard InChI is InChI=1S/C28H26N6O2S/c1-19-26(29-17-20-10-6-4-7-11-20)27(34(33(19)2)22-12-8-5-9-13-22)31-32-28-30-23(18-37-28)21-14-15-24(35)25(16-21)36-3/h4-18,35H,1-3H3,(H,30,32)/b29-17?,31-27+. The van der Waals surface area contributed by atoms with Crippen molar-refractivity contribution in [2.24, 2.45) is 17.1 Å². The zero-order valence-electron chi connectivity index (χ0n) is 20.7. The summed E-state index contributed by atoms with van der Waals surface area (Å²) in [5.74, 6) is 0.484. The number of phenols is 1. The summed E-state index contributed by atoms with van der Waals surface area (Å²) in [6.07, 6.45) is 1.84. The molecular formula is C28H26N6O2S. The minimum Gasteiger partial charge on any atom is -0.504 e. The molecule has 0 saturated carbocycles. The number of nitrogens with one attached hydrogen (secondary N) is 1. The average molecular weight is 511 g/mol. The Kier molecular flexibility index (Phi) is 6.87. The van der Waals surface area contributed by atoms with Crippen molar-refractivity contribution >= 4 is 28.4 Å². The van der Waals surface area contributed by atoms with E-state index in [0.29, 0.717) is 16.4 Å². The molecule has 37 heavy (non-hydrogen) atoms. The summed E-state index contributed by atoms with van der Waals surface area (Å²) >= 11 is 1.44. The number of aromatic hydroxyl groups is 1. The van der Waals surface area contributed by atoms with E-state index in [2.05, 4.69) is 10.4 Å².